The van der Waals surface area contributed by atoms with Crippen LogP contribution < -0.4 is 9.64 Å². The van der Waals surface area contributed by atoms with Crippen LogP contribution in [0.15, 0.2) is 41.2 Å². The SMILES string of the molecule is CC1C=NC=C(N(c2ccc(OCCN3CCOCC3)cc2)C(C)C)C1. The highest BCUT2D eigenvalue weighted by atomic mass is 16.5. The van der Waals surface area contributed by atoms with Gasteiger partial charge in [0.15, 0.2) is 0 Å². The molecule has 3 rings (SSSR count). The van der Waals surface area contributed by atoms with Gasteiger partial charge in [0.25, 0.3) is 0 Å². The molecular formula is C21H31N3O2. The van der Waals surface area contributed by atoms with Crippen molar-refractivity contribution >= 4 is 11.9 Å². The van der Waals surface area contributed by atoms with E-state index in [1.165, 1.54) is 11.4 Å². The average molecular weight is 357 g/mol. The summed E-state index contributed by atoms with van der Waals surface area (Å²) in [7, 11) is 0. The van der Waals surface area contributed by atoms with Crippen LogP contribution in [0.1, 0.15) is 27.2 Å². The molecule has 0 saturated carbocycles. The lowest BCUT2D eigenvalue weighted by atomic mass is 10.0. The van der Waals surface area contributed by atoms with Gasteiger partial charge in [0, 0.05) is 49.5 Å². The fourth-order valence-electron chi connectivity index (χ4n) is 3.49. The molecule has 2 aliphatic heterocycles. The number of aliphatic imine (C=N–C) groups is 1. The van der Waals surface area contributed by atoms with Crippen molar-refractivity contribution in [3.05, 3.63) is 36.2 Å². The van der Waals surface area contributed by atoms with Crippen molar-refractivity contribution in [2.24, 2.45) is 10.9 Å². The van der Waals surface area contributed by atoms with Gasteiger partial charge < -0.3 is 14.4 Å². The number of allylic oxidation sites excluding steroid dienone is 1. The zero-order valence-electron chi connectivity index (χ0n) is 16.2. The van der Waals surface area contributed by atoms with Gasteiger partial charge >= 0.3 is 0 Å². The highest BCUT2D eigenvalue weighted by Crippen LogP contribution is 2.29. The van der Waals surface area contributed by atoms with Gasteiger partial charge in [0.2, 0.25) is 0 Å². The first-order valence-corrected chi connectivity index (χ1v) is 9.68. The van der Waals surface area contributed by atoms with Crippen LogP contribution in [-0.4, -0.2) is 56.6 Å². The molecule has 0 bridgehead atoms. The molecule has 1 aromatic rings. The van der Waals surface area contributed by atoms with Crippen LogP contribution in [0.2, 0.25) is 0 Å². The molecule has 5 nitrogen and oxygen atoms in total. The Bertz CT molecular complexity index is 619. The van der Waals surface area contributed by atoms with Gasteiger partial charge in [0.1, 0.15) is 12.4 Å². The number of nitrogens with zero attached hydrogens (tertiary/aromatic N) is 3. The Hall–Kier alpha value is -1.85. The number of rotatable bonds is 7. The monoisotopic (exact) mass is 357 g/mol. The van der Waals surface area contributed by atoms with E-state index in [1.54, 1.807) is 0 Å². The lowest BCUT2D eigenvalue weighted by Gasteiger charge is -2.33. The zero-order valence-corrected chi connectivity index (χ0v) is 16.2. The average Bonchev–Trinajstić information content (AvgIpc) is 2.64. The topological polar surface area (TPSA) is 37.3 Å². The smallest absolute Gasteiger partial charge is 0.119 e. The maximum absolute atomic E-state index is 5.93. The van der Waals surface area contributed by atoms with Gasteiger partial charge in [-0.2, -0.15) is 0 Å². The van der Waals surface area contributed by atoms with Gasteiger partial charge in [-0.15, -0.1) is 0 Å². The van der Waals surface area contributed by atoms with Crippen molar-refractivity contribution < 1.29 is 9.47 Å². The minimum atomic E-state index is 0.384. The van der Waals surface area contributed by atoms with Gasteiger partial charge in [-0.1, -0.05) is 6.92 Å². The summed E-state index contributed by atoms with van der Waals surface area (Å²) in [5, 5.41) is 0. The van der Waals surface area contributed by atoms with E-state index in [4.69, 9.17) is 9.47 Å². The first-order chi connectivity index (χ1) is 12.6. The Morgan fingerprint density at radius 1 is 1.23 bits per heavy atom. The molecule has 1 atom stereocenters. The number of morpholine rings is 1. The molecule has 26 heavy (non-hydrogen) atoms. The number of hydrogen-bond acceptors (Lipinski definition) is 5. The van der Waals surface area contributed by atoms with Crippen molar-refractivity contribution in [1.82, 2.24) is 4.90 Å². The second-order valence-electron chi connectivity index (χ2n) is 7.36. The minimum Gasteiger partial charge on any atom is -0.492 e. The fraction of sp³-hybridized carbons (Fsp3) is 0.571. The summed E-state index contributed by atoms with van der Waals surface area (Å²) in [4.78, 5) is 9.15. The molecule has 142 valence electrons. The highest BCUT2D eigenvalue weighted by molar-refractivity contribution is 5.65. The summed E-state index contributed by atoms with van der Waals surface area (Å²) >= 11 is 0. The first-order valence-electron chi connectivity index (χ1n) is 9.68. The van der Waals surface area contributed by atoms with Crippen molar-refractivity contribution in [1.29, 1.82) is 0 Å². The third kappa shape index (κ3) is 5.08. The molecule has 0 N–H and O–H groups in total. The fourth-order valence-corrected chi connectivity index (χ4v) is 3.49. The largest absolute Gasteiger partial charge is 0.492 e. The molecule has 0 spiro atoms. The molecule has 2 heterocycles. The number of benzene rings is 1. The van der Waals surface area contributed by atoms with Crippen LogP contribution in [-0.2, 0) is 4.74 Å². The minimum absolute atomic E-state index is 0.384. The van der Waals surface area contributed by atoms with E-state index in [0.717, 1.165) is 45.0 Å². The van der Waals surface area contributed by atoms with E-state index >= 15 is 0 Å². The molecule has 1 saturated heterocycles. The van der Waals surface area contributed by atoms with Gasteiger partial charge in [0.05, 0.1) is 13.2 Å². The first kappa shape index (κ1) is 18.9. The van der Waals surface area contributed by atoms with Crippen molar-refractivity contribution in [3.63, 3.8) is 0 Å². The third-order valence-corrected chi connectivity index (χ3v) is 4.82. The molecule has 0 amide bonds. The maximum Gasteiger partial charge on any atom is 0.119 e. The van der Waals surface area contributed by atoms with Crippen molar-refractivity contribution in [2.75, 3.05) is 44.4 Å². The number of ether oxygens (including phenoxy) is 2. The van der Waals surface area contributed by atoms with E-state index in [9.17, 15) is 0 Å². The van der Waals surface area contributed by atoms with Gasteiger partial charge in [-0.3, -0.25) is 9.89 Å². The van der Waals surface area contributed by atoms with Crippen LogP contribution in [0.4, 0.5) is 5.69 Å². The van der Waals surface area contributed by atoms with Crippen LogP contribution in [0.5, 0.6) is 5.75 Å². The molecule has 0 radical (unpaired) electrons. The van der Waals surface area contributed by atoms with Gasteiger partial charge in [-0.25, -0.2) is 0 Å². The Morgan fingerprint density at radius 3 is 2.62 bits per heavy atom. The number of anilines is 1. The van der Waals surface area contributed by atoms with Crippen LogP contribution in [0, 0.1) is 5.92 Å². The van der Waals surface area contributed by atoms with E-state index in [-0.39, 0.29) is 0 Å². The third-order valence-electron chi connectivity index (χ3n) is 4.82. The molecule has 5 heteroatoms. The summed E-state index contributed by atoms with van der Waals surface area (Å²) in [6.45, 7) is 12.0. The molecule has 1 fully saturated rings. The van der Waals surface area contributed by atoms with Crippen LogP contribution in [0.3, 0.4) is 0 Å². The van der Waals surface area contributed by atoms with E-state index in [2.05, 4.69) is 59.8 Å². The Labute approximate surface area is 157 Å². The Kier molecular flexibility index (Phi) is 6.69. The van der Waals surface area contributed by atoms with Gasteiger partial charge in [-0.05, 0) is 50.5 Å². The molecule has 1 unspecified atom stereocenters. The molecule has 2 aliphatic rings. The zero-order chi connectivity index (χ0) is 18.4. The maximum atomic E-state index is 5.93. The van der Waals surface area contributed by atoms with E-state index < -0.39 is 0 Å². The highest BCUT2D eigenvalue weighted by Gasteiger charge is 2.19. The Balaban J connectivity index is 1.58. The second-order valence-corrected chi connectivity index (χ2v) is 7.36. The summed E-state index contributed by atoms with van der Waals surface area (Å²) in [5.74, 6) is 1.41. The molecule has 0 aromatic heterocycles. The quantitative estimate of drug-likeness (QED) is 0.748. The summed E-state index contributed by atoms with van der Waals surface area (Å²) in [6, 6.07) is 8.82. The van der Waals surface area contributed by atoms with Crippen molar-refractivity contribution in [3.8, 4) is 5.75 Å². The molecule has 0 aliphatic carbocycles. The standard InChI is InChI=1S/C21H31N3O2/c1-17(2)24(20-14-18(3)15-22-16-20)19-4-6-21(7-5-19)26-13-10-23-8-11-25-12-9-23/h4-7,15-18H,8-14H2,1-3H3. The van der Waals surface area contributed by atoms with E-state index in [0.29, 0.717) is 18.6 Å². The lowest BCUT2D eigenvalue weighted by Crippen LogP contribution is -2.38. The summed E-state index contributed by atoms with van der Waals surface area (Å²) in [5.41, 5.74) is 2.46. The van der Waals surface area contributed by atoms with Crippen LogP contribution >= 0.6 is 0 Å². The predicted octanol–water partition coefficient (Wildman–Crippen LogP) is 3.56. The Morgan fingerprint density at radius 2 is 1.96 bits per heavy atom. The molecular weight excluding hydrogens is 326 g/mol. The summed E-state index contributed by atoms with van der Waals surface area (Å²) < 4.78 is 11.3. The number of hydrogen-bond donors (Lipinski definition) is 0. The summed E-state index contributed by atoms with van der Waals surface area (Å²) in [6.07, 6.45) is 5.04. The van der Waals surface area contributed by atoms with Crippen molar-refractivity contribution in [2.45, 2.75) is 33.2 Å². The normalized spacial score (nSPS) is 20.9. The second kappa shape index (κ2) is 9.19. The molecule has 1 aromatic carbocycles. The van der Waals surface area contributed by atoms with Crippen LogP contribution in [0.25, 0.3) is 0 Å². The predicted molar refractivity (Wildman–Crippen MR) is 107 cm³/mol. The lowest BCUT2D eigenvalue weighted by molar-refractivity contribution is 0.0322. The van der Waals surface area contributed by atoms with E-state index in [1.807, 2.05) is 12.4 Å².